The van der Waals surface area contributed by atoms with Gasteiger partial charge < -0.3 is 11.1 Å². The number of nitrogen functional groups attached to an aromatic ring is 1. The minimum atomic E-state index is -3.32. The van der Waals surface area contributed by atoms with Crippen LogP contribution in [0.1, 0.15) is 5.56 Å². The number of rotatable bonds is 4. The Labute approximate surface area is 140 Å². The topological polar surface area (TPSA) is 97.1 Å². The zero-order valence-electron chi connectivity index (χ0n) is 13.4. The van der Waals surface area contributed by atoms with Gasteiger partial charge in [0, 0.05) is 28.3 Å². The van der Waals surface area contributed by atoms with Crippen LogP contribution in [0, 0.1) is 6.92 Å². The van der Waals surface area contributed by atoms with Crippen molar-refractivity contribution >= 4 is 43.7 Å². The number of nitrogens with zero attached hydrogens (tertiary/aromatic N) is 1. The first kappa shape index (κ1) is 16.1. The molecule has 2 aromatic carbocycles. The van der Waals surface area contributed by atoms with Gasteiger partial charge in [-0.25, -0.2) is 13.4 Å². The monoisotopic (exact) mass is 342 g/mol. The lowest BCUT2D eigenvalue weighted by molar-refractivity contribution is 0.607. The van der Waals surface area contributed by atoms with Gasteiger partial charge in [0.1, 0.15) is 5.82 Å². The number of benzene rings is 2. The first-order chi connectivity index (χ1) is 11.3. The summed E-state index contributed by atoms with van der Waals surface area (Å²) in [5.74, 6) is 0.663. The Kier molecular flexibility index (Phi) is 4.02. The first-order valence-electron chi connectivity index (χ1n) is 7.32. The van der Waals surface area contributed by atoms with Gasteiger partial charge in [-0.05, 0) is 36.8 Å². The third-order valence-corrected chi connectivity index (χ3v) is 4.24. The van der Waals surface area contributed by atoms with Gasteiger partial charge in [0.05, 0.1) is 11.9 Å². The lowest BCUT2D eigenvalue weighted by Crippen LogP contribution is -2.09. The maximum atomic E-state index is 11.4. The molecule has 0 aliphatic rings. The van der Waals surface area contributed by atoms with Crippen molar-refractivity contribution in [3.63, 3.8) is 0 Å². The van der Waals surface area contributed by atoms with Crippen LogP contribution < -0.4 is 15.8 Å². The van der Waals surface area contributed by atoms with Crippen LogP contribution in [-0.2, 0) is 10.0 Å². The second kappa shape index (κ2) is 6.01. The molecule has 1 heterocycles. The summed E-state index contributed by atoms with van der Waals surface area (Å²) >= 11 is 0. The van der Waals surface area contributed by atoms with Crippen molar-refractivity contribution in [2.75, 3.05) is 22.0 Å². The first-order valence-corrected chi connectivity index (χ1v) is 9.21. The largest absolute Gasteiger partial charge is 0.398 e. The molecule has 0 saturated heterocycles. The van der Waals surface area contributed by atoms with Gasteiger partial charge in [-0.2, -0.15) is 0 Å². The van der Waals surface area contributed by atoms with E-state index in [1.54, 1.807) is 24.4 Å². The van der Waals surface area contributed by atoms with E-state index in [1.807, 2.05) is 31.2 Å². The van der Waals surface area contributed by atoms with Gasteiger partial charge in [-0.3, -0.25) is 4.72 Å². The Morgan fingerprint density at radius 3 is 2.54 bits per heavy atom. The van der Waals surface area contributed by atoms with E-state index in [9.17, 15) is 8.42 Å². The number of nitrogens with two attached hydrogens (primary N) is 1. The van der Waals surface area contributed by atoms with E-state index >= 15 is 0 Å². The standard InChI is InChI=1S/C17H18N4O2S/c1-11-6-7-15-14(16(11)18)8-9-19-17(15)20-12-4-3-5-13(10-12)21-24(2,22)23/h3-10,21H,18H2,1-2H3,(H,19,20). The van der Waals surface area contributed by atoms with E-state index in [1.165, 1.54) is 0 Å². The van der Waals surface area contributed by atoms with Gasteiger partial charge >= 0.3 is 0 Å². The van der Waals surface area contributed by atoms with Gasteiger partial charge in [0.25, 0.3) is 0 Å². The van der Waals surface area contributed by atoms with Crippen LogP contribution in [0.3, 0.4) is 0 Å². The highest BCUT2D eigenvalue weighted by Gasteiger charge is 2.08. The molecule has 0 fully saturated rings. The SMILES string of the molecule is Cc1ccc2c(Nc3cccc(NS(C)(=O)=O)c3)nccc2c1N. The normalized spacial score (nSPS) is 11.4. The number of anilines is 4. The maximum Gasteiger partial charge on any atom is 0.229 e. The minimum absolute atomic E-state index is 0.484. The molecular weight excluding hydrogens is 324 g/mol. The summed E-state index contributed by atoms with van der Waals surface area (Å²) in [6, 6.07) is 12.8. The number of pyridine rings is 1. The molecule has 0 aliphatic heterocycles. The second-order valence-electron chi connectivity index (χ2n) is 5.63. The van der Waals surface area contributed by atoms with Crippen LogP contribution >= 0.6 is 0 Å². The highest BCUT2D eigenvalue weighted by molar-refractivity contribution is 7.92. The number of aryl methyl sites for hydroxylation is 1. The van der Waals surface area contributed by atoms with Gasteiger partial charge in [0.2, 0.25) is 10.0 Å². The zero-order chi connectivity index (χ0) is 17.3. The third-order valence-electron chi connectivity index (χ3n) is 3.63. The van der Waals surface area contributed by atoms with Crippen LogP contribution in [0.2, 0.25) is 0 Å². The Balaban J connectivity index is 1.99. The van der Waals surface area contributed by atoms with E-state index in [0.29, 0.717) is 11.5 Å². The Bertz CT molecular complexity index is 1020. The maximum absolute atomic E-state index is 11.4. The lowest BCUT2D eigenvalue weighted by Gasteiger charge is -2.12. The molecule has 0 radical (unpaired) electrons. The number of nitrogens with one attached hydrogen (secondary N) is 2. The van der Waals surface area contributed by atoms with Crippen LogP contribution in [0.4, 0.5) is 22.9 Å². The van der Waals surface area contributed by atoms with E-state index in [-0.39, 0.29) is 0 Å². The number of hydrogen-bond donors (Lipinski definition) is 3. The predicted octanol–water partition coefficient (Wildman–Crippen LogP) is 3.24. The molecule has 3 rings (SSSR count). The van der Waals surface area contributed by atoms with E-state index < -0.39 is 10.0 Å². The Morgan fingerprint density at radius 2 is 1.79 bits per heavy atom. The molecule has 0 saturated carbocycles. The molecule has 124 valence electrons. The van der Waals surface area contributed by atoms with Crippen molar-refractivity contribution in [2.45, 2.75) is 6.92 Å². The molecule has 24 heavy (non-hydrogen) atoms. The summed E-state index contributed by atoms with van der Waals surface area (Å²) in [4.78, 5) is 4.37. The fourth-order valence-electron chi connectivity index (χ4n) is 2.50. The predicted molar refractivity (Wildman–Crippen MR) is 99.1 cm³/mol. The van der Waals surface area contributed by atoms with E-state index in [4.69, 9.17) is 5.73 Å². The fourth-order valence-corrected chi connectivity index (χ4v) is 3.05. The average Bonchev–Trinajstić information content (AvgIpc) is 2.50. The molecular formula is C17H18N4O2S. The molecule has 0 spiro atoms. The van der Waals surface area contributed by atoms with Crippen molar-refractivity contribution in [1.29, 1.82) is 0 Å². The average molecular weight is 342 g/mol. The molecule has 0 atom stereocenters. The van der Waals surface area contributed by atoms with Crippen LogP contribution in [0.5, 0.6) is 0 Å². The Morgan fingerprint density at radius 1 is 1.04 bits per heavy atom. The molecule has 1 aromatic heterocycles. The van der Waals surface area contributed by atoms with E-state index in [2.05, 4.69) is 15.0 Å². The van der Waals surface area contributed by atoms with Crippen LogP contribution in [-0.4, -0.2) is 19.7 Å². The van der Waals surface area contributed by atoms with Gasteiger partial charge in [0.15, 0.2) is 0 Å². The van der Waals surface area contributed by atoms with Gasteiger partial charge in [-0.15, -0.1) is 0 Å². The minimum Gasteiger partial charge on any atom is -0.398 e. The summed E-state index contributed by atoms with van der Waals surface area (Å²) < 4.78 is 25.2. The summed E-state index contributed by atoms with van der Waals surface area (Å²) in [5.41, 5.74) is 9.09. The molecule has 4 N–H and O–H groups in total. The van der Waals surface area contributed by atoms with Crippen molar-refractivity contribution in [3.8, 4) is 0 Å². The molecule has 0 amide bonds. The summed E-state index contributed by atoms with van der Waals surface area (Å²) in [6.07, 6.45) is 2.81. The molecule has 0 aliphatic carbocycles. The molecule has 0 unspecified atom stereocenters. The molecule has 3 aromatic rings. The van der Waals surface area contributed by atoms with Crippen LogP contribution in [0.15, 0.2) is 48.7 Å². The summed E-state index contributed by atoms with van der Waals surface area (Å²) in [6.45, 7) is 1.96. The second-order valence-corrected chi connectivity index (χ2v) is 7.38. The molecule has 7 heteroatoms. The highest BCUT2D eigenvalue weighted by atomic mass is 32.2. The number of sulfonamides is 1. The lowest BCUT2D eigenvalue weighted by atomic mass is 10.1. The third kappa shape index (κ3) is 3.41. The van der Waals surface area contributed by atoms with Crippen molar-refractivity contribution in [2.24, 2.45) is 0 Å². The molecule has 0 bridgehead atoms. The van der Waals surface area contributed by atoms with Crippen molar-refractivity contribution in [3.05, 3.63) is 54.2 Å². The van der Waals surface area contributed by atoms with E-state index in [0.717, 1.165) is 34.0 Å². The fraction of sp³-hybridized carbons (Fsp3) is 0.118. The van der Waals surface area contributed by atoms with Crippen LogP contribution in [0.25, 0.3) is 10.8 Å². The number of hydrogen-bond acceptors (Lipinski definition) is 5. The zero-order valence-corrected chi connectivity index (χ0v) is 14.2. The van der Waals surface area contributed by atoms with Crippen molar-refractivity contribution < 1.29 is 8.42 Å². The number of fused-ring (bicyclic) bond motifs is 1. The summed E-state index contributed by atoms with van der Waals surface area (Å²) in [7, 11) is -3.32. The van der Waals surface area contributed by atoms with Crippen molar-refractivity contribution in [1.82, 2.24) is 4.98 Å². The Hall–Kier alpha value is -2.80. The summed E-state index contributed by atoms with van der Waals surface area (Å²) in [5, 5.41) is 5.05. The van der Waals surface area contributed by atoms with Gasteiger partial charge in [-0.1, -0.05) is 18.2 Å². The quantitative estimate of drug-likeness (QED) is 0.632. The highest BCUT2D eigenvalue weighted by Crippen LogP contribution is 2.30. The smallest absolute Gasteiger partial charge is 0.229 e. The number of aromatic nitrogens is 1. The molecule has 6 nitrogen and oxygen atoms in total.